The molecule has 7 heteroatoms. The normalized spacial score (nSPS) is 12.2. The van der Waals surface area contributed by atoms with Gasteiger partial charge in [-0.1, -0.05) is 74.0 Å². The second kappa shape index (κ2) is 11.8. The Morgan fingerprint density at radius 1 is 0.667 bits per heavy atom. The van der Waals surface area contributed by atoms with Crippen LogP contribution in [-0.2, 0) is 13.1 Å². The highest BCUT2D eigenvalue weighted by Gasteiger charge is 2.27. The monoisotopic (exact) mass is 463 g/mol. The van der Waals surface area contributed by atoms with Crippen LogP contribution in [0.4, 0.5) is 22.0 Å². The first-order valence-electron chi connectivity index (χ1n) is 10.9. The fraction of sp³-hybridized carbons (Fsp3) is 0.308. The van der Waals surface area contributed by atoms with E-state index in [4.69, 9.17) is 4.74 Å². The van der Waals surface area contributed by atoms with Gasteiger partial charge in [0.1, 0.15) is 0 Å². The molecule has 0 fully saturated rings. The molecule has 0 heterocycles. The Labute approximate surface area is 190 Å². The van der Waals surface area contributed by atoms with Crippen molar-refractivity contribution in [2.75, 3.05) is 6.61 Å². The lowest BCUT2D eigenvalue weighted by Crippen LogP contribution is -2.35. The van der Waals surface area contributed by atoms with E-state index in [-0.39, 0.29) is 12.6 Å². The minimum atomic E-state index is -2.20. The maximum absolute atomic E-state index is 14.0. The Morgan fingerprint density at radius 2 is 1.12 bits per heavy atom. The average molecular weight is 463 g/mol. The maximum atomic E-state index is 14.0. The number of benzene rings is 3. The predicted molar refractivity (Wildman–Crippen MR) is 117 cm³/mol. The molecular formula is C26H26F5NO. The molecule has 0 radical (unpaired) electrons. The molecule has 0 unspecified atom stereocenters. The van der Waals surface area contributed by atoms with E-state index in [9.17, 15) is 22.0 Å². The standard InChI is InChI=1S/C26H26F5NO/c1-2-9-20(14-15-33-26-24(30)22(28)21(27)23(29)25(26)31)32(16-18-10-5-3-6-11-18)17-19-12-7-4-8-13-19/h3-8,10-13,20H,2,9,14-17H2,1H3/t20-/m1/s1. The van der Waals surface area contributed by atoms with Gasteiger partial charge >= 0.3 is 0 Å². The molecule has 0 amide bonds. The Hall–Kier alpha value is -2.93. The molecule has 0 aliphatic carbocycles. The summed E-state index contributed by atoms with van der Waals surface area (Å²) in [5, 5.41) is 0. The Balaban J connectivity index is 1.77. The number of ether oxygens (including phenoxy) is 1. The molecule has 0 aromatic heterocycles. The lowest BCUT2D eigenvalue weighted by atomic mass is 10.0. The first-order chi connectivity index (χ1) is 15.9. The van der Waals surface area contributed by atoms with Gasteiger partial charge in [-0.3, -0.25) is 4.90 Å². The van der Waals surface area contributed by atoms with Crippen molar-refractivity contribution in [2.45, 2.75) is 45.3 Å². The van der Waals surface area contributed by atoms with Crippen molar-refractivity contribution in [2.24, 2.45) is 0 Å². The summed E-state index contributed by atoms with van der Waals surface area (Å²) in [7, 11) is 0. The van der Waals surface area contributed by atoms with Gasteiger partial charge in [0.2, 0.25) is 29.1 Å². The van der Waals surface area contributed by atoms with Crippen LogP contribution in [0.25, 0.3) is 0 Å². The van der Waals surface area contributed by atoms with Gasteiger partial charge in [-0.25, -0.2) is 13.2 Å². The average Bonchev–Trinajstić information content (AvgIpc) is 2.84. The minimum Gasteiger partial charge on any atom is -0.487 e. The molecule has 1 atom stereocenters. The van der Waals surface area contributed by atoms with Crippen molar-refractivity contribution in [3.63, 3.8) is 0 Å². The zero-order valence-corrected chi connectivity index (χ0v) is 18.3. The van der Waals surface area contributed by atoms with E-state index in [0.717, 1.165) is 24.0 Å². The summed E-state index contributed by atoms with van der Waals surface area (Å²) in [6.45, 7) is 3.12. The topological polar surface area (TPSA) is 12.5 Å². The lowest BCUT2D eigenvalue weighted by Gasteiger charge is -2.32. The van der Waals surface area contributed by atoms with E-state index < -0.39 is 34.8 Å². The number of rotatable bonds is 11. The summed E-state index contributed by atoms with van der Waals surface area (Å²) in [5.74, 6) is -11.4. The Morgan fingerprint density at radius 3 is 1.58 bits per heavy atom. The van der Waals surface area contributed by atoms with Crippen LogP contribution in [0, 0.1) is 29.1 Å². The highest BCUT2D eigenvalue weighted by molar-refractivity contribution is 5.29. The van der Waals surface area contributed by atoms with Gasteiger partial charge in [-0.2, -0.15) is 8.78 Å². The Kier molecular flexibility index (Phi) is 8.83. The summed E-state index contributed by atoms with van der Waals surface area (Å²) in [4.78, 5) is 2.25. The highest BCUT2D eigenvalue weighted by atomic mass is 19.2. The number of halogens is 5. The van der Waals surface area contributed by atoms with Gasteiger partial charge in [0.15, 0.2) is 5.75 Å². The van der Waals surface area contributed by atoms with E-state index in [1.807, 2.05) is 67.6 Å². The second-order valence-electron chi connectivity index (χ2n) is 7.85. The third-order valence-corrected chi connectivity index (χ3v) is 5.46. The van der Waals surface area contributed by atoms with Crippen LogP contribution in [0.15, 0.2) is 60.7 Å². The van der Waals surface area contributed by atoms with Crippen LogP contribution in [0.3, 0.4) is 0 Å². The van der Waals surface area contributed by atoms with Gasteiger partial charge < -0.3 is 4.74 Å². The molecular weight excluding hydrogens is 437 g/mol. The third kappa shape index (κ3) is 6.32. The molecule has 0 saturated heterocycles. The summed E-state index contributed by atoms with van der Waals surface area (Å²) in [6.07, 6.45) is 1.99. The van der Waals surface area contributed by atoms with Gasteiger partial charge in [0, 0.05) is 19.1 Å². The van der Waals surface area contributed by atoms with Crippen LogP contribution >= 0.6 is 0 Å². The molecule has 3 aromatic rings. The van der Waals surface area contributed by atoms with Crippen LogP contribution < -0.4 is 4.74 Å². The molecule has 0 N–H and O–H groups in total. The van der Waals surface area contributed by atoms with Crippen molar-refractivity contribution in [3.8, 4) is 5.75 Å². The highest BCUT2D eigenvalue weighted by Crippen LogP contribution is 2.29. The van der Waals surface area contributed by atoms with Gasteiger partial charge in [-0.05, 0) is 24.0 Å². The van der Waals surface area contributed by atoms with Crippen molar-refractivity contribution < 1.29 is 26.7 Å². The van der Waals surface area contributed by atoms with Gasteiger partial charge in [-0.15, -0.1) is 0 Å². The maximum Gasteiger partial charge on any atom is 0.206 e. The molecule has 2 nitrogen and oxygen atoms in total. The van der Waals surface area contributed by atoms with Crippen molar-refractivity contribution in [1.29, 1.82) is 0 Å². The predicted octanol–water partition coefficient (Wildman–Crippen LogP) is 7.02. The van der Waals surface area contributed by atoms with Crippen molar-refractivity contribution >= 4 is 0 Å². The SMILES string of the molecule is CCC[C@H](CCOc1c(F)c(F)c(F)c(F)c1F)N(Cc1ccccc1)Cc1ccccc1. The molecule has 0 aliphatic rings. The molecule has 33 heavy (non-hydrogen) atoms. The molecule has 3 rings (SSSR count). The van der Waals surface area contributed by atoms with Crippen LogP contribution in [0.1, 0.15) is 37.3 Å². The molecule has 0 aliphatic heterocycles. The fourth-order valence-electron chi connectivity index (χ4n) is 3.80. The lowest BCUT2D eigenvalue weighted by molar-refractivity contribution is 0.135. The van der Waals surface area contributed by atoms with Crippen molar-refractivity contribution in [3.05, 3.63) is 101 Å². The van der Waals surface area contributed by atoms with Gasteiger partial charge in [0.25, 0.3) is 0 Å². The zero-order chi connectivity index (χ0) is 23.8. The van der Waals surface area contributed by atoms with Gasteiger partial charge in [0.05, 0.1) is 6.61 Å². The van der Waals surface area contributed by atoms with Crippen LogP contribution in [-0.4, -0.2) is 17.5 Å². The smallest absolute Gasteiger partial charge is 0.206 e. The summed E-state index contributed by atoms with van der Waals surface area (Å²) in [5.41, 5.74) is 2.21. The number of nitrogens with zero attached hydrogens (tertiary/aromatic N) is 1. The van der Waals surface area contributed by atoms with Crippen molar-refractivity contribution in [1.82, 2.24) is 4.90 Å². The molecule has 0 spiro atoms. The van der Waals surface area contributed by atoms with E-state index in [2.05, 4.69) is 4.90 Å². The molecule has 3 aromatic carbocycles. The molecule has 176 valence electrons. The largest absolute Gasteiger partial charge is 0.487 e. The molecule has 0 bridgehead atoms. The van der Waals surface area contributed by atoms with E-state index in [1.165, 1.54) is 0 Å². The van der Waals surface area contributed by atoms with E-state index >= 15 is 0 Å². The molecule has 0 saturated carbocycles. The summed E-state index contributed by atoms with van der Waals surface area (Å²) >= 11 is 0. The first-order valence-corrected chi connectivity index (χ1v) is 10.9. The fourth-order valence-corrected chi connectivity index (χ4v) is 3.80. The number of hydrogen-bond acceptors (Lipinski definition) is 2. The van der Waals surface area contributed by atoms with E-state index in [1.54, 1.807) is 0 Å². The zero-order valence-electron chi connectivity index (χ0n) is 18.3. The minimum absolute atomic E-state index is 0.0309. The summed E-state index contributed by atoms with van der Waals surface area (Å²) in [6, 6.07) is 19.7. The number of hydrogen-bond donors (Lipinski definition) is 0. The first kappa shape index (κ1) is 24.7. The van der Waals surface area contributed by atoms with Crippen LogP contribution in [0.2, 0.25) is 0 Å². The summed E-state index contributed by atoms with van der Waals surface area (Å²) < 4.78 is 73.2. The van der Waals surface area contributed by atoms with Crippen LogP contribution in [0.5, 0.6) is 5.75 Å². The quantitative estimate of drug-likeness (QED) is 0.172. The Bertz CT molecular complexity index is 959. The third-order valence-electron chi connectivity index (χ3n) is 5.46. The van der Waals surface area contributed by atoms with E-state index in [0.29, 0.717) is 19.5 Å². The second-order valence-corrected chi connectivity index (χ2v) is 7.85.